The first-order valence-electron chi connectivity index (χ1n) is 8.04. The number of amides is 1. The number of rotatable bonds is 2. The minimum absolute atomic E-state index is 0.0452. The molecule has 0 saturated heterocycles. The number of hydrogen-bond donors (Lipinski definition) is 2. The summed E-state index contributed by atoms with van der Waals surface area (Å²) < 4.78 is 6.42. The van der Waals surface area contributed by atoms with Crippen LogP contribution >= 0.6 is 15.9 Å². The fraction of sp³-hybridized carbons (Fsp3) is 0.211. The van der Waals surface area contributed by atoms with Crippen LogP contribution in [0, 0.1) is 0 Å². The van der Waals surface area contributed by atoms with E-state index >= 15 is 0 Å². The van der Waals surface area contributed by atoms with Gasteiger partial charge < -0.3 is 15.0 Å². The van der Waals surface area contributed by atoms with Gasteiger partial charge in [-0.05, 0) is 55.2 Å². The van der Waals surface area contributed by atoms with Crippen molar-refractivity contribution in [3.8, 4) is 5.75 Å². The highest BCUT2D eigenvalue weighted by Gasteiger charge is 2.26. The molecule has 4 rings (SSSR count). The lowest BCUT2D eigenvalue weighted by Crippen LogP contribution is -2.33. The number of aromatic amines is 1. The molecule has 1 aliphatic rings. The van der Waals surface area contributed by atoms with Gasteiger partial charge in [-0.15, -0.1) is 0 Å². The number of para-hydroxylation sites is 1. The third kappa shape index (κ3) is 2.91. The first-order chi connectivity index (χ1) is 11.7. The number of nitrogens with one attached hydrogen (secondary N) is 2. The second kappa shape index (κ2) is 6.32. The van der Waals surface area contributed by atoms with E-state index in [0.717, 1.165) is 34.9 Å². The van der Waals surface area contributed by atoms with Gasteiger partial charge in [0.1, 0.15) is 5.75 Å². The number of hydrogen-bond acceptors (Lipinski definition) is 2. The molecule has 5 heteroatoms. The molecule has 0 aliphatic heterocycles. The predicted octanol–water partition coefficient (Wildman–Crippen LogP) is 5.10. The molecule has 1 atom stereocenters. The molecule has 2 aromatic carbocycles. The van der Waals surface area contributed by atoms with Crippen LogP contribution in [0.4, 0.5) is 4.79 Å². The standard InChI is InChI=1S/C19H17BrN2O2/c20-12-9-10-16-15(11-12)14-7-4-8-17(18(14)21-16)22-19(23)24-13-5-2-1-3-6-13/h1-3,5-6,9-11,17,21H,4,7-8H2,(H,22,23). The normalized spacial score (nSPS) is 16.6. The van der Waals surface area contributed by atoms with Gasteiger partial charge in [-0.25, -0.2) is 4.79 Å². The van der Waals surface area contributed by atoms with Gasteiger partial charge in [0.15, 0.2) is 0 Å². The van der Waals surface area contributed by atoms with Crippen LogP contribution < -0.4 is 10.1 Å². The summed E-state index contributed by atoms with van der Waals surface area (Å²) in [5.41, 5.74) is 3.50. The average Bonchev–Trinajstić information content (AvgIpc) is 2.95. The number of halogens is 1. The van der Waals surface area contributed by atoms with Crippen molar-refractivity contribution in [2.45, 2.75) is 25.3 Å². The Morgan fingerprint density at radius 2 is 2.04 bits per heavy atom. The Kier molecular flexibility index (Phi) is 4.02. The quantitative estimate of drug-likeness (QED) is 0.645. The van der Waals surface area contributed by atoms with Crippen molar-refractivity contribution < 1.29 is 9.53 Å². The molecule has 0 fully saturated rings. The summed E-state index contributed by atoms with van der Waals surface area (Å²) in [6.07, 6.45) is 2.56. The maximum Gasteiger partial charge on any atom is 0.413 e. The van der Waals surface area contributed by atoms with Crippen LogP contribution in [0.2, 0.25) is 0 Å². The van der Waals surface area contributed by atoms with E-state index in [9.17, 15) is 4.79 Å². The van der Waals surface area contributed by atoms with Gasteiger partial charge in [0, 0.05) is 21.1 Å². The molecular weight excluding hydrogens is 368 g/mol. The molecule has 1 aliphatic carbocycles. The lowest BCUT2D eigenvalue weighted by Gasteiger charge is -2.23. The van der Waals surface area contributed by atoms with Crippen LogP contribution in [0.1, 0.15) is 30.1 Å². The van der Waals surface area contributed by atoms with Gasteiger partial charge in [0.05, 0.1) is 6.04 Å². The third-order valence-electron chi connectivity index (χ3n) is 4.42. The maximum atomic E-state index is 12.2. The molecule has 1 amide bonds. The number of ether oxygens (including phenoxy) is 1. The summed E-state index contributed by atoms with van der Waals surface area (Å²) in [4.78, 5) is 15.7. The van der Waals surface area contributed by atoms with Crippen molar-refractivity contribution in [1.82, 2.24) is 10.3 Å². The minimum Gasteiger partial charge on any atom is -0.410 e. The van der Waals surface area contributed by atoms with Gasteiger partial charge in [0.2, 0.25) is 0 Å². The smallest absolute Gasteiger partial charge is 0.410 e. The number of aryl methyl sites for hydroxylation is 1. The van der Waals surface area contributed by atoms with Crippen LogP contribution in [0.25, 0.3) is 10.9 Å². The average molecular weight is 385 g/mol. The van der Waals surface area contributed by atoms with E-state index in [1.165, 1.54) is 10.9 Å². The zero-order valence-corrected chi connectivity index (χ0v) is 14.6. The number of H-pyrrole nitrogens is 1. The van der Waals surface area contributed by atoms with Crippen LogP contribution in [-0.4, -0.2) is 11.1 Å². The second-order valence-corrected chi connectivity index (χ2v) is 6.91. The number of carbonyl (C=O) groups excluding carboxylic acids is 1. The topological polar surface area (TPSA) is 54.1 Å². The molecule has 2 N–H and O–H groups in total. The fourth-order valence-corrected chi connectivity index (χ4v) is 3.71. The highest BCUT2D eigenvalue weighted by molar-refractivity contribution is 9.10. The lowest BCUT2D eigenvalue weighted by atomic mass is 9.92. The van der Waals surface area contributed by atoms with E-state index in [1.807, 2.05) is 24.3 Å². The van der Waals surface area contributed by atoms with Crippen molar-refractivity contribution in [2.24, 2.45) is 0 Å². The predicted molar refractivity (Wildman–Crippen MR) is 97.3 cm³/mol. The van der Waals surface area contributed by atoms with Crippen molar-refractivity contribution in [2.75, 3.05) is 0 Å². The second-order valence-electron chi connectivity index (χ2n) is 6.00. The summed E-state index contributed by atoms with van der Waals surface area (Å²) >= 11 is 3.53. The van der Waals surface area contributed by atoms with Crippen LogP contribution in [-0.2, 0) is 6.42 Å². The Hall–Kier alpha value is -2.27. The highest BCUT2D eigenvalue weighted by atomic mass is 79.9. The highest BCUT2D eigenvalue weighted by Crippen LogP contribution is 2.35. The zero-order chi connectivity index (χ0) is 16.5. The van der Waals surface area contributed by atoms with Crippen molar-refractivity contribution in [3.63, 3.8) is 0 Å². The molecular formula is C19H17BrN2O2. The van der Waals surface area contributed by atoms with Gasteiger partial charge in [0.25, 0.3) is 0 Å². The summed E-state index contributed by atoms with van der Waals surface area (Å²) in [7, 11) is 0. The summed E-state index contributed by atoms with van der Waals surface area (Å²) in [6.45, 7) is 0. The van der Waals surface area contributed by atoms with E-state index < -0.39 is 6.09 Å². The zero-order valence-electron chi connectivity index (χ0n) is 13.0. The number of carbonyl (C=O) groups is 1. The Morgan fingerprint density at radius 1 is 1.21 bits per heavy atom. The first kappa shape index (κ1) is 15.3. The molecule has 1 heterocycles. The van der Waals surface area contributed by atoms with Gasteiger partial charge in [-0.1, -0.05) is 34.1 Å². The Labute approximate surface area is 148 Å². The van der Waals surface area contributed by atoms with E-state index in [4.69, 9.17) is 4.74 Å². The van der Waals surface area contributed by atoms with E-state index in [1.54, 1.807) is 12.1 Å². The monoisotopic (exact) mass is 384 g/mol. The number of aromatic nitrogens is 1. The number of fused-ring (bicyclic) bond motifs is 3. The van der Waals surface area contributed by atoms with E-state index in [2.05, 4.69) is 38.4 Å². The Balaban J connectivity index is 1.58. The Bertz CT molecular complexity index is 889. The molecule has 0 radical (unpaired) electrons. The third-order valence-corrected chi connectivity index (χ3v) is 4.91. The van der Waals surface area contributed by atoms with Gasteiger partial charge >= 0.3 is 6.09 Å². The van der Waals surface area contributed by atoms with Crippen molar-refractivity contribution >= 4 is 32.9 Å². The van der Waals surface area contributed by atoms with Crippen molar-refractivity contribution in [1.29, 1.82) is 0 Å². The molecule has 0 saturated carbocycles. The fourth-order valence-electron chi connectivity index (χ4n) is 3.35. The largest absolute Gasteiger partial charge is 0.413 e. The molecule has 0 spiro atoms. The van der Waals surface area contributed by atoms with Crippen LogP contribution in [0.5, 0.6) is 5.75 Å². The van der Waals surface area contributed by atoms with E-state index in [-0.39, 0.29) is 6.04 Å². The maximum absolute atomic E-state index is 12.2. The molecule has 0 bridgehead atoms. The molecule has 3 aromatic rings. The van der Waals surface area contributed by atoms with Crippen molar-refractivity contribution in [3.05, 3.63) is 64.3 Å². The van der Waals surface area contributed by atoms with Crippen LogP contribution in [0.15, 0.2) is 53.0 Å². The molecule has 24 heavy (non-hydrogen) atoms. The van der Waals surface area contributed by atoms with Gasteiger partial charge in [-0.3, -0.25) is 0 Å². The summed E-state index contributed by atoms with van der Waals surface area (Å²) in [5.74, 6) is 0.548. The molecule has 122 valence electrons. The van der Waals surface area contributed by atoms with Gasteiger partial charge in [-0.2, -0.15) is 0 Å². The molecule has 1 unspecified atom stereocenters. The van der Waals surface area contributed by atoms with E-state index in [0.29, 0.717) is 5.75 Å². The van der Waals surface area contributed by atoms with Crippen LogP contribution in [0.3, 0.4) is 0 Å². The SMILES string of the molecule is O=C(NC1CCCc2c1[nH]c1ccc(Br)cc21)Oc1ccccc1. The summed E-state index contributed by atoms with van der Waals surface area (Å²) in [5, 5.41) is 4.22. The first-order valence-corrected chi connectivity index (χ1v) is 8.83. The Morgan fingerprint density at radius 3 is 2.88 bits per heavy atom. The lowest BCUT2D eigenvalue weighted by molar-refractivity contribution is 0.194. The summed E-state index contributed by atoms with van der Waals surface area (Å²) in [6, 6.07) is 15.3. The number of benzene rings is 2. The molecule has 1 aromatic heterocycles. The molecule has 4 nitrogen and oxygen atoms in total. The minimum atomic E-state index is -0.418.